The van der Waals surface area contributed by atoms with Crippen LogP contribution < -0.4 is 10.2 Å². The highest BCUT2D eigenvalue weighted by Gasteiger charge is 2.53. The number of anilines is 1. The molecule has 3 heterocycles. The van der Waals surface area contributed by atoms with Gasteiger partial charge in [-0.1, -0.05) is 61.4 Å². The van der Waals surface area contributed by atoms with Gasteiger partial charge in [0.25, 0.3) is 11.8 Å². The summed E-state index contributed by atoms with van der Waals surface area (Å²) in [6.45, 7) is 4.72. The third-order valence-electron chi connectivity index (χ3n) is 7.65. The van der Waals surface area contributed by atoms with E-state index >= 15 is 0 Å². The standard InChI is InChI=1S/C31H30N4O3/c1-3-4-17-32-29(36)21-13-15-22(16-14-21)34-30(37)26-18-24-23-7-5-6-8-25(23)33-27(24)28(35(26)31(34)38)20-11-9-19(2)10-12-20/h5-16,26,28,33H,3-4,17-18H2,1-2H3,(H,32,36). The minimum absolute atomic E-state index is 0.161. The van der Waals surface area contributed by atoms with Crippen molar-refractivity contribution in [2.24, 2.45) is 0 Å². The fraction of sp³-hybridized carbons (Fsp3) is 0.258. The number of aromatic amines is 1. The summed E-state index contributed by atoms with van der Waals surface area (Å²) in [7, 11) is 0. The Hall–Kier alpha value is -4.39. The number of benzene rings is 3. The number of rotatable bonds is 6. The van der Waals surface area contributed by atoms with Crippen LogP contribution in [0.4, 0.5) is 10.5 Å². The Kier molecular flexibility index (Phi) is 5.98. The average Bonchev–Trinajstić information content (AvgIpc) is 3.42. The van der Waals surface area contributed by atoms with E-state index in [0.29, 0.717) is 24.2 Å². The lowest BCUT2D eigenvalue weighted by atomic mass is 9.88. The van der Waals surface area contributed by atoms with Crippen LogP contribution in [0.2, 0.25) is 0 Å². The number of aromatic nitrogens is 1. The Bertz CT molecular complexity index is 1540. The lowest BCUT2D eigenvalue weighted by Gasteiger charge is -2.36. The number of H-pyrrole nitrogens is 1. The third-order valence-corrected chi connectivity index (χ3v) is 7.65. The van der Waals surface area contributed by atoms with Gasteiger partial charge in [0.05, 0.1) is 5.69 Å². The molecule has 0 radical (unpaired) electrons. The second-order valence-electron chi connectivity index (χ2n) is 10.1. The van der Waals surface area contributed by atoms with Gasteiger partial charge in [-0.15, -0.1) is 0 Å². The Morgan fingerprint density at radius 1 is 1.00 bits per heavy atom. The molecular formula is C31H30N4O3. The molecule has 1 aromatic heterocycles. The van der Waals surface area contributed by atoms with Crippen LogP contribution >= 0.6 is 0 Å². The van der Waals surface area contributed by atoms with Gasteiger partial charge in [0.15, 0.2) is 0 Å². The number of aryl methyl sites for hydroxylation is 1. The maximum atomic E-state index is 14.0. The lowest BCUT2D eigenvalue weighted by molar-refractivity contribution is -0.120. The molecule has 0 aliphatic carbocycles. The Labute approximate surface area is 221 Å². The van der Waals surface area contributed by atoms with Crippen LogP contribution in [0.15, 0.2) is 72.8 Å². The van der Waals surface area contributed by atoms with E-state index in [4.69, 9.17) is 0 Å². The molecule has 2 unspecified atom stereocenters. The molecule has 0 saturated carbocycles. The van der Waals surface area contributed by atoms with E-state index in [1.807, 2.05) is 49.4 Å². The molecule has 2 N–H and O–H groups in total. The summed E-state index contributed by atoms with van der Waals surface area (Å²) in [5.41, 5.74) is 6.08. The number of amides is 4. The summed E-state index contributed by atoms with van der Waals surface area (Å²) in [6, 6.07) is 21.5. The Morgan fingerprint density at radius 2 is 1.74 bits per heavy atom. The number of unbranched alkanes of at least 4 members (excludes halogenated alkanes) is 1. The first-order valence-electron chi connectivity index (χ1n) is 13.2. The van der Waals surface area contributed by atoms with Gasteiger partial charge in [-0.2, -0.15) is 0 Å². The number of hydrogen-bond donors (Lipinski definition) is 2. The number of fused-ring (bicyclic) bond motifs is 4. The average molecular weight is 507 g/mol. The van der Waals surface area contributed by atoms with Gasteiger partial charge in [-0.25, -0.2) is 9.69 Å². The summed E-state index contributed by atoms with van der Waals surface area (Å²) < 4.78 is 0. The zero-order valence-electron chi connectivity index (χ0n) is 21.5. The highest BCUT2D eigenvalue weighted by atomic mass is 16.2. The van der Waals surface area contributed by atoms with Crippen molar-refractivity contribution in [2.45, 2.75) is 45.2 Å². The van der Waals surface area contributed by atoms with E-state index in [0.717, 1.165) is 46.1 Å². The molecule has 0 spiro atoms. The van der Waals surface area contributed by atoms with E-state index in [2.05, 4.69) is 23.3 Å². The molecule has 2 aliphatic rings. The molecule has 2 aliphatic heterocycles. The topological polar surface area (TPSA) is 85.5 Å². The van der Waals surface area contributed by atoms with Crippen molar-refractivity contribution in [1.82, 2.24) is 15.2 Å². The summed E-state index contributed by atoms with van der Waals surface area (Å²) in [5.74, 6) is -0.408. The monoisotopic (exact) mass is 506 g/mol. The minimum atomic E-state index is -0.613. The molecule has 4 aromatic rings. The van der Waals surface area contributed by atoms with E-state index in [1.54, 1.807) is 29.2 Å². The molecular weight excluding hydrogens is 476 g/mol. The summed E-state index contributed by atoms with van der Waals surface area (Å²) in [6.07, 6.45) is 2.36. The van der Waals surface area contributed by atoms with Crippen molar-refractivity contribution in [3.8, 4) is 0 Å². The maximum Gasteiger partial charge on any atom is 0.332 e. The largest absolute Gasteiger partial charge is 0.356 e. The molecule has 192 valence electrons. The van der Waals surface area contributed by atoms with Crippen LogP contribution in [0.1, 0.15) is 58.5 Å². The van der Waals surface area contributed by atoms with Gasteiger partial charge in [0.1, 0.15) is 12.1 Å². The number of urea groups is 1. The van der Waals surface area contributed by atoms with Crippen LogP contribution in [0, 0.1) is 6.92 Å². The van der Waals surface area contributed by atoms with Gasteiger partial charge < -0.3 is 10.3 Å². The molecule has 1 saturated heterocycles. The molecule has 38 heavy (non-hydrogen) atoms. The molecule has 3 aromatic carbocycles. The smallest absolute Gasteiger partial charge is 0.332 e. The molecule has 6 rings (SSSR count). The molecule has 7 heteroatoms. The zero-order chi connectivity index (χ0) is 26.4. The molecule has 0 bridgehead atoms. The number of carbonyl (C=O) groups excluding carboxylic acids is 3. The first kappa shape index (κ1) is 24.0. The first-order chi connectivity index (χ1) is 18.5. The SMILES string of the molecule is CCCCNC(=O)c1ccc(N2C(=O)C3Cc4c([nH]c5ccccc45)C(c4ccc(C)cc4)N3C2=O)cc1. The van der Waals surface area contributed by atoms with Crippen molar-refractivity contribution in [2.75, 3.05) is 11.4 Å². The fourth-order valence-corrected chi connectivity index (χ4v) is 5.65. The number of imide groups is 1. The number of nitrogens with zero attached hydrogens (tertiary/aromatic N) is 2. The van der Waals surface area contributed by atoms with Crippen molar-refractivity contribution in [3.63, 3.8) is 0 Å². The van der Waals surface area contributed by atoms with Crippen LogP contribution in [0.3, 0.4) is 0 Å². The van der Waals surface area contributed by atoms with Gasteiger partial charge in [0.2, 0.25) is 0 Å². The van der Waals surface area contributed by atoms with Crippen LogP contribution in [-0.4, -0.2) is 40.3 Å². The second kappa shape index (κ2) is 9.49. The number of nitrogens with one attached hydrogen (secondary N) is 2. The van der Waals surface area contributed by atoms with Gasteiger partial charge in [-0.3, -0.25) is 14.5 Å². The maximum absolute atomic E-state index is 14.0. The predicted octanol–water partition coefficient (Wildman–Crippen LogP) is 5.49. The van der Waals surface area contributed by atoms with E-state index in [-0.39, 0.29) is 17.8 Å². The van der Waals surface area contributed by atoms with Crippen LogP contribution in [0.25, 0.3) is 10.9 Å². The van der Waals surface area contributed by atoms with Gasteiger partial charge in [0, 0.05) is 35.1 Å². The van der Waals surface area contributed by atoms with Crippen molar-refractivity contribution >= 4 is 34.4 Å². The molecule has 7 nitrogen and oxygen atoms in total. The number of hydrogen-bond acceptors (Lipinski definition) is 3. The second-order valence-corrected chi connectivity index (χ2v) is 10.1. The quantitative estimate of drug-likeness (QED) is 0.268. The highest BCUT2D eigenvalue weighted by Crippen LogP contribution is 2.44. The number of para-hydroxylation sites is 1. The molecule has 2 atom stereocenters. The highest BCUT2D eigenvalue weighted by molar-refractivity contribution is 6.22. The first-order valence-corrected chi connectivity index (χ1v) is 13.2. The summed E-state index contributed by atoms with van der Waals surface area (Å²) >= 11 is 0. The zero-order valence-corrected chi connectivity index (χ0v) is 21.5. The van der Waals surface area contributed by atoms with Crippen molar-refractivity contribution in [1.29, 1.82) is 0 Å². The van der Waals surface area contributed by atoms with Crippen LogP contribution in [0.5, 0.6) is 0 Å². The van der Waals surface area contributed by atoms with Crippen molar-refractivity contribution in [3.05, 3.63) is 101 Å². The third kappa shape index (κ3) is 3.86. The van der Waals surface area contributed by atoms with Crippen molar-refractivity contribution < 1.29 is 14.4 Å². The van der Waals surface area contributed by atoms with E-state index < -0.39 is 12.1 Å². The molecule has 1 fully saturated rings. The minimum Gasteiger partial charge on any atom is -0.356 e. The predicted molar refractivity (Wildman–Crippen MR) is 147 cm³/mol. The molecule has 4 amide bonds. The van der Waals surface area contributed by atoms with E-state index in [1.165, 1.54) is 4.90 Å². The number of carbonyl (C=O) groups is 3. The fourth-order valence-electron chi connectivity index (χ4n) is 5.65. The normalized spacial score (nSPS) is 18.6. The van der Waals surface area contributed by atoms with Gasteiger partial charge >= 0.3 is 6.03 Å². The lowest BCUT2D eigenvalue weighted by Crippen LogP contribution is -2.44. The summed E-state index contributed by atoms with van der Waals surface area (Å²) in [4.78, 5) is 46.8. The van der Waals surface area contributed by atoms with Gasteiger partial charge in [-0.05, 0) is 54.8 Å². The Balaban J connectivity index is 1.37. The van der Waals surface area contributed by atoms with Crippen LogP contribution in [-0.2, 0) is 11.2 Å². The van der Waals surface area contributed by atoms with E-state index in [9.17, 15) is 14.4 Å². The summed E-state index contributed by atoms with van der Waals surface area (Å²) in [5, 5.41) is 3.98. The Morgan fingerprint density at radius 3 is 2.47 bits per heavy atom.